The highest BCUT2D eigenvalue weighted by atomic mass is 16.3. The van der Waals surface area contributed by atoms with Gasteiger partial charge in [-0.2, -0.15) is 0 Å². The minimum atomic E-state index is -0.586. The maximum absolute atomic E-state index is 11.8. The molecule has 5 rings (SSSR count). The second kappa shape index (κ2) is 8.12. The first-order chi connectivity index (χ1) is 15.1. The van der Waals surface area contributed by atoms with Gasteiger partial charge >= 0.3 is 0 Å². The highest BCUT2D eigenvalue weighted by molar-refractivity contribution is 5.22. The van der Waals surface area contributed by atoms with E-state index in [1.54, 1.807) is 0 Å². The number of aliphatic hydroxyl groups is 2. The van der Waals surface area contributed by atoms with Crippen LogP contribution in [0.15, 0.2) is 24.3 Å². The zero-order valence-corrected chi connectivity index (χ0v) is 20.9. The Kier molecular flexibility index (Phi) is 5.81. The van der Waals surface area contributed by atoms with E-state index in [4.69, 9.17) is 0 Å². The molecule has 4 aliphatic carbocycles. The number of benzene rings is 1. The fourth-order valence-corrected chi connectivity index (χ4v) is 9.58. The molecule has 2 heteroatoms. The maximum Gasteiger partial charge on any atom is 0.0656 e. The van der Waals surface area contributed by atoms with E-state index in [1.165, 1.54) is 56.1 Å². The van der Waals surface area contributed by atoms with Crippen LogP contribution in [0, 0.1) is 47.3 Å². The summed E-state index contributed by atoms with van der Waals surface area (Å²) >= 11 is 0. The highest BCUT2D eigenvalue weighted by Gasteiger charge is 2.62. The first-order valence-electron chi connectivity index (χ1n) is 13.6. The predicted molar refractivity (Wildman–Crippen MR) is 131 cm³/mol. The van der Waals surface area contributed by atoms with Gasteiger partial charge < -0.3 is 10.2 Å². The van der Waals surface area contributed by atoms with Crippen LogP contribution in [0.5, 0.6) is 0 Å². The van der Waals surface area contributed by atoms with E-state index in [-0.39, 0.29) is 11.5 Å². The second-order valence-corrected chi connectivity index (χ2v) is 13.1. The Morgan fingerprint density at radius 1 is 0.906 bits per heavy atom. The van der Waals surface area contributed by atoms with Crippen molar-refractivity contribution in [3.63, 3.8) is 0 Å². The largest absolute Gasteiger partial charge is 0.393 e. The Bertz CT molecular complexity index is 813. The molecular weight excluding hydrogens is 392 g/mol. The zero-order valence-electron chi connectivity index (χ0n) is 20.9. The lowest BCUT2D eigenvalue weighted by Gasteiger charge is -2.61. The molecule has 178 valence electrons. The molecule has 0 radical (unpaired) electrons. The van der Waals surface area contributed by atoms with Gasteiger partial charge in [0.05, 0.1) is 11.7 Å². The van der Waals surface area contributed by atoms with Gasteiger partial charge in [0, 0.05) is 0 Å². The molecule has 4 fully saturated rings. The van der Waals surface area contributed by atoms with Gasteiger partial charge in [0.2, 0.25) is 0 Å². The summed E-state index contributed by atoms with van der Waals surface area (Å²) in [5.74, 6) is 3.60. The molecule has 0 spiro atoms. The van der Waals surface area contributed by atoms with Crippen molar-refractivity contribution in [1.82, 2.24) is 0 Å². The van der Waals surface area contributed by atoms with E-state index in [9.17, 15) is 10.2 Å². The van der Waals surface area contributed by atoms with Crippen LogP contribution < -0.4 is 0 Å². The lowest BCUT2D eigenvalue weighted by Crippen LogP contribution is -2.55. The molecule has 1 aromatic rings. The summed E-state index contributed by atoms with van der Waals surface area (Å²) in [6, 6.07) is 8.85. The molecule has 0 saturated heterocycles. The monoisotopic (exact) mass is 438 g/mol. The summed E-state index contributed by atoms with van der Waals surface area (Å²) in [5, 5.41) is 22.1. The number of aliphatic hydroxyl groups excluding tert-OH is 1. The van der Waals surface area contributed by atoms with Gasteiger partial charge in [0.25, 0.3) is 0 Å². The average Bonchev–Trinajstić information content (AvgIpc) is 3.12. The Labute approximate surface area is 196 Å². The minimum absolute atomic E-state index is 0.0574. The van der Waals surface area contributed by atoms with Crippen LogP contribution in [0.1, 0.15) is 96.1 Å². The topological polar surface area (TPSA) is 40.5 Å². The quantitative estimate of drug-likeness (QED) is 0.549. The molecule has 9 atom stereocenters. The van der Waals surface area contributed by atoms with E-state index in [2.05, 4.69) is 52.0 Å². The molecule has 0 amide bonds. The molecular formula is C30H46O2. The Morgan fingerprint density at radius 2 is 1.59 bits per heavy atom. The van der Waals surface area contributed by atoms with Crippen LogP contribution in [-0.2, 0) is 6.42 Å². The first-order valence-corrected chi connectivity index (χ1v) is 13.6. The van der Waals surface area contributed by atoms with Crippen LogP contribution in [0.2, 0.25) is 0 Å². The van der Waals surface area contributed by atoms with Gasteiger partial charge in [0.1, 0.15) is 0 Å². The number of hydrogen-bond donors (Lipinski definition) is 2. The third kappa shape index (κ3) is 3.68. The second-order valence-electron chi connectivity index (χ2n) is 13.1. The van der Waals surface area contributed by atoms with E-state index in [0.29, 0.717) is 11.3 Å². The smallest absolute Gasteiger partial charge is 0.0656 e. The summed E-state index contributed by atoms with van der Waals surface area (Å²) in [5.41, 5.74) is 2.80. The molecule has 32 heavy (non-hydrogen) atoms. The fraction of sp³-hybridized carbons (Fsp3) is 0.800. The summed E-state index contributed by atoms with van der Waals surface area (Å²) in [4.78, 5) is 0. The lowest BCUT2D eigenvalue weighted by molar-refractivity contribution is -0.144. The van der Waals surface area contributed by atoms with Crippen LogP contribution in [-0.4, -0.2) is 21.9 Å². The Balaban J connectivity index is 1.31. The third-order valence-corrected chi connectivity index (χ3v) is 11.4. The predicted octanol–water partition coefficient (Wildman–Crippen LogP) is 6.70. The standard InChI is InChI=1S/C30H46O2/c1-20-5-7-21(8-6-20)13-18-30(4,32)27-12-11-25-24-10-9-22-19-23(31)14-16-28(22,2)26(24)15-17-29(25,27)3/h5-8,22-27,31-32H,9-19H2,1-4H3/t22-,23-,24-,25-,26-,27-,28-,29-,30+/m0/s1. The first kappa shape index (κ1) is 22.9. The van der Waals surface area contributed by atoms with Crippen molar-refractivity contribution in [2.24, 2.45) is 40.4 Å². The summed E-state index contributed by atoms with van der Waals surface area (Å²) in [7, 11) is 0. The zero-order chi connectivity index (χ0) is 22.7. The molecule has 0 unspecified atom stereocenters. The number of rotatable bonds is 4. The highest BCUT2D eigenvalue weighted by Crippen LogP contribution is 2.68. The van der Waals surface area contributed by atoms with Gasteiger partial charge in [-0.25, -0.2) is 0 Å². The van der Waals surface area contributed by atoms with Crippen molar-refractivity contribution < 1.29 is 10.2 Å². The molecule has 0 aromatic heterocycles. The van der Waals surface area contributed by atoms with E-state index < -0.39 is 5.60 Å². The van der Waals surface area contributed by atoms with Gasteiger partial charge in [-0.3, -0.25) is 0 Å². The molecule has 4 aliphatic rings. The minimum Gasteiger partial charge on any atom is -0.393 e. The van der Waals surface area contributed by atoms with Crippen LogP contribution in [0.3, 0.4) is 0 Å². The number of aryl methyl sites for hydroxylation is 2. The van der Waals surface area contributed by atoms with E-state index in [1.807, 2.05) is 0 Å². The van der Waals surface area contributed by atoms with Gasteiger partial charge in [0.15, 0.2) is 0 Å². The molecule has 1 aromatic carbocycles. The molecule has 0 heterocycles. The lowest BCUT2D eigenvalue weighted by atomic mass is 9.44. The number of hydrogen-bond acceptors (Lipinski definition) is 2. The Morgan fingerprint density at radius 3 is 2.34 bits per heavy atom. The van der Waals surface area contributed by atoms with Crippen LogP contribution >= 0.6 is 0 Å². The van der Waals surface area contributed by atoms with Crippen molar-refractivity contribution in [3.8, 4) is 0 Å². The van der Waals surface area contributed by atoms with E-state index in [0.717, 1.165) is 49.4 Å². The number of fused-ring (bicyclic) bond motifs is 5. The average molecular weight is 439 g/mol. The van der Waals surface area contributed by atoms with Crippen LogP contribution in [0.25, 0.3) is 0 Å². The van der Waals surface area contributed by atoms with Crippen LogP contribution in [0.4, 0.5) is 0 Å². The van der Waals surface area contributed by atoms with Crippen molar-refractivity contribution in [2.45, 2.75) is 110 Å². The van der Waals surface area contributed by atoms with Gasteiger partial charge in [-0.15, -0.1) is 0 Å². The summed E-state index contributed by atoms with van der Waals surface area (Å²) < 4.78 is 0. The molecule has 4 saturated carbocycles. The normalized spacial score (nSPS) is 45.4. The van der Waals surface area contributed by atoms with Crippen molar-refractivity contribution in [2.75, 3.05) is 0 Å². The van der Waals surface area contributed by atoms with Gasteiger partial charge in [-0.1, -0.05) is 43.7 Å². The van der Waals surface area contributed by atoms with Crippen molar-refractivity contribution in [3.05, 3.63) is 35.4 Å². The fourth-order valence-electron chi connectivity index (χ4n) is 9.58. The molecule has 2 nitrogen and oxygen atoms in total. The van der Waals surface area contributed by atoms with Crippen molar-refractivity contribution >= 4 is 0 Å². The maximum atomic E-state index is 11.8. The summed E-state index contributed by atoms with van der Waals surface area (Å²) in [6.07, 6.45) is 12.9. The molecule has 0 bridgehead atoms. The molecule has 0 aliphatic heterocycles. The molecule has 2 N–H and O–H groups in total. The Hall–Kier alpha value is -0.860. The SMILES string of the molecule is Cc1ccc(CC[C@@](C)(O)[C@H]2CC[C@H]3[C@@H]4CC[C@H]5C[C@@H](O)CC[C@]5(C)[C@H]4CC[C@@]32C)cc1. The van der Waals surface area contributed by atoms with E-state index >= 15 is 0 Å². The summed E-state index contributed by atoms with van der Waals surface area (Å²) in [6.45, 7) is 9.41. The third-order valence-electron chi connectivity index (χ3n) is 11.4. The van der Waals surface area contributed by atoms with Gasteiger partial charge in [-0.05, 0) is 130 Å². The van der Waals surface area contributed by atoms with Crippen molar-refractivity contribution in [1.29, 1.82) is 0 Å².